The van der Waals surface area contributed by atoms with Crippen molar-refractivity contribution in [3.63, 3.8) is 0 Å². The molecule has 1 saturated heterocycles. The van der Waals surface area contributed by atoms with Crippen LogP contribution in [-0.2, 0) is 25.7 Å². The molecule has 1 unspecified atom stereocenters. The highest BCUT2D eigenvalue weighted by atomic mass is 16.5. The lowest BCUT2D eigenvalue weighted by molar-refractivity contribution is -0.152. The maximum atomic E-state index is 12.6. The Balaban J connectivity index is 1.64. The number of esters is 1. The van der Waals surface area contributed by atoms with E-state index in [1.54, 1.807) is 24.0 Å². The number of H-pyrrole nitrogens is 1. The zero-order chi connectivity index (χ0) is 22.5. The Hall–Kier alpha value is -3.43. The van der Waals surface area contributed by atoms with Gasteiger partial charge in [0.25, 0.3) is 11.1 Å². The number of piperidine rings is 1. The molecule has 10 heteroatoms. The van der Waals surface area contributed by atoms with E-state index in [9.17, 15) is 24.0 Å². The van der Waals surface area contributed by atoms with Crippen molar-refractivity contribution in [1.29, 1.82) is 0 Å². The van der Waals surface area contributed by atoms with Crippen LogP contribution >= 0.6 is 0 Å². The van der Waals surface area contributed by atoms with Crippen LogP contribution in [0.25, 0.3) is 10.8 Å². The molecule has 31 heavy (non-hydrogen) atoms. The van der Waals surface area contributed by atoms with Gasteiger partial charge < -0.3 is 14.5 Å². The highest BCUT2D eigenvalue weighted by molar-refractivity contribution is 5.85. The predicted molar refractivity (Wildman–Crippen MR) is 112 cm³/mol. The Kier molecular flexibility index (Phi) is 6.88. The Labute approximate surface area is 178 Å². The summed E-state index contributed by atoms with van der Waals surface area (Å²) in [5.74, 6) is -1.46. The Morgan fingerprint density at radius 2 is 1.90 bits per heavy atom. The molecule has 1 atom stereocenters. The van der Waals surface area contributed by atoms with Crippen LogP contribution in [-0.4, -0.2) is 70.7 Å². The Morgan fingerprint density at radius 3 is 2.61 bits per heavy atom. The number of rotatable bonds is 6. The number of likely N-dealkylation sites (tertiary alicyclic amines) is 1. The van der Waals surface area contributed by atoms with Crippen molar-refractivity contribution in [2.75, 3.05) is 33.3 Å². The minimum atomic E-state index is -0.500. The fourth-order valence-corrected chi connectivity index (χ4v) is 3.66. The second kappa shape index (κ2) is 9.59. The molecule has 1 aliphatic heterocycles. The number of fused-ring (bicyclic) bond motifs is 1. The van der Waals surface area contributed by atoms with Crippen molar-refractivity contribution in [2.45, 2.75) is 26.3 Å². The molecule has 0 spiro atoms. The summed E-state index contributed by atoms with van der Waals surface area (Å²) in [4.78, 5) is 64.7. The van der Waals surface area contributed by atoms with Crippen molar-refractivity contribution in [1.82, 2.24) is 19.6 Å². The van der Waals surface area contributed by atoms with Crippen molar-refractivity contribution >= 4 is 28.6 Å². The van der Waals surface area contributed by atoms with Crippen LogP contribution in [0, 0.1) is 5.92 Å². The van der Waals surface area contributed by atoms with E-state index in [0.717, 1.165) is 4.68 Å². The normalized spacial score (nSPS) is 16.2. The molecule has 1 fully saturated rings. The third kappa shape index (κ3) is 5.01. The summed E-state index contributed by atoms with van der Waals surface area (Å²) in [6, 6.07) is 6.35. The van der Waals surface area contributed by atoms with E-state index in [2.05, 4.69) is 5.10 Å². The summed E-state index contributed by atoms with van der Waals surface area (Å²) in [6.07, 6.45) is 1.34. The fraction of sp³-hybridized carbons (Fsp3) is 0.476. The summed E-state index contributed by atoms with van der Waals surface area (Å²) >= 11 is 0. The molecule has 1 aromatic carbocycles. The van der Waals surface area contributed by atoms with Crippen LogP contribution in [0.15, 0.2) is 33.9 Å². The van der Waals surface area contributed by atoms with Crippen LogP contribution in [0.2, 0.25) is 0 Å². The van der Waals surface area contributed by atoms with Gasteiger partial charge in [0.15, 0.2) is 0 Å². The summed E-state index contributed by atoms with van der Waals surface area (Å²) in [5, 5.41) is 2.88. The predicted octanol–water partition coefficient (Wildman–Crippen LogP) is -0.0501. The quantitative estimate of drug-likeness (QED) is 0.642. The molecular weight excluding hydrogens is 404 g/mol. The number of carbonyl (C=O) groups is 3. The zero-order valence-electron chi connectivity index (χ0n) is 17.6. The number of aromatic nitrogens is 2. The summed E-state index contributed by atoms with van der Waals surface area (Å²) in [7, 11) is 1.46. The van der Waals surface area contributed by atoms with Crippen molar-refractivity contribution in [3.05, 3.63) is 45.0 Å². The van der Waals surface area contributed by atoms with Gasteiger partial charge in [0.2, 0.25) is 11.8 Å². The van der Waals surface area contributed by atoms with Gasteiger partial charge in [-0.2, -0.15) is 0 Å². The molecule has 0 saturated carbocycles. The molecule has 166 valence electrons. The summed E-state index contributed by atoms with van der Waals surface area (Å²) in [6.45, 7) is 2.20. The number of nitrogens with zero attached hydrogens (tertiary/aromatic N) is 3. The largest absolute Gasteiger partial charge is 0.466 e. The standard InChI is InChI=1S/C21H26N4O6/c1-3-31-21(30)14-7-6-10-24(11-14)18(27)12-23(2)17(26)13-25-20(29)16-9-5-4-8-15(16)19(28)22-25/h4-5,8-9,14H,3,6-7,10-13H2,1-2H3,(H,22,28). The third-order valence-corrected chi connectivity index (χ3v) is 5.37. The number of ether oxygens (including phenoxy) is 1. The molecule has 2 aromatic rings. The lowest BCUT2D eigenvalue weighted by Crippen LogP contribution is -2.48. The van der Waals surface area contributed by atoms with Gasteiger partial charge in [-0.15, -0.1) is 0 Å². The number of hydrogen-bond donors (Lipinski definition) is 1. The molecule has 1 aromatic heterocycles. The maximum Gasteiger partial charge on any atom is 0.310 e. The molecule has 3 rings (SSSR count). The molecular formula is C21H26N4O6. The molecule has 2 heterocycles. The fourth-order valence-electron chi connectivity index (χ4n) is 3.66. The van der Waals surface area contributed by atoms with Crippen molar-refractivity contribution in [2.24, 2.45) is 5.92 Å². The van der Waals surface area contributed by atoms with Gasteiger partial charge in [0.05, 0.1) is 29.8 Å². The van der Waals surface area contributed by atoms with Gasteiger partial charge in [-0.1, -0.05) is 12.1 Å². The number of nitrogens with one attached hydrogen (secondary N) is 1. The van der Waals surface area contributed by atoms with Gasteiger partial charge in [0, 0.05) is 20.1 Å². The van der Waals surface area contributed by atoms with E-state index in [1.165, 1.54) is 24.1 Å². The van der Waals surface area contributed by atoms with E-state index in [-0.39, 0.29) is 48.3 Å². The van der Waals surface area contributed by atoms with Crippen LogP contribution in [0.5, 0.6) is 0 Å². The van der Waals surface area contributed by atoms with E-state index < -0.39 is 23.6 Å². The minimum Gasteiger partial charge on any atom is -0.466 e. The highest BCUT2D eigenvalue weighted by Crippen LogP contribution is 2.18. The van der Waals surface area contributed by atoms with E-state index in [4.69, 9.17) is 4.74 Å². The number of amides is 2. The maximum absolute atomic E-state index is 12.6. The van der Waals surface area contributed by atoms with Gasteiger partial charge in [0.1, 0.15) is 6.54 Å². The lowest BCUT2D eigenvalue weighted by Gasteiger charge is -2.32. The monoisotopic (exact) mass is 430 g/mol. The SMILES string of the molecule is CCOC(=O)C1CCCN(C(=O)CN(C)C(=O)Cn2[nH]c(=O)c3ccccc3c2=O)C1. The first-order valence-corrected chi connectivity index (χ1v) is 10.2. The van der Waals surface area contributed by atoms with Crippen molar-refractivity contribution in [3.8, 4) is 0 Å². The number of carbonyl (C=O) groups excluding carboxylic acids is 3. The van der Waals surface area contributed by atoms with Gasteiger partial charge >= 0.3 is 5.97 Å². The number of aromatic amines is 1. The van der Waals surface area contributed by atoms with Crippen LogP contribution in [0.1, 0.15) is 19.8 Å². The smallest absolute Gasteiger partial charge is 0.310 e. The Bertz CT molecular complexity index is 1100. The second-order valence-corrected chi connectivity index (χ2v) is 7.56. The molecule has 0 bridgehead atoms. The first-order valence-electron chi connectivity index (χ1n) is 10.2. The third-order valence-electron chi connectivity index (χ3n) is 5.37. The minimum absolute atomic E-state index is 0.194. The van der Waals surface area contributed by atoms with Gasteiger partial charge in [-0.05, 0) is 31.9 Å². The van der Waals surface area contributed by atoms with Crippen LogP contribution in [0.4, 0.5) is 0 Å². The first kappa shape index (κ1) is 22.3. The van der Waals surface area contributed by atoms with Crippen LogP contribution < -0.4 is 11.1 Å². The molecule has 1 N–H and O–H groups in total. The molecule has 0 radical (unpaired) electrons. The van der Waals surface area contributed by atoms with Crippen LogP contribution in [0.3, 0.4) is 0 Å². The van der Waals surface area contributed by atoms with Gasteiger partial charge in [-0.25, -0.2) is 4.68 Å². The number of likely N-dealkylation sites (N-methyl/N-ethyl adjacent to an activating group) is 1. The first-order chi connectivity index (χ1) is 14.8. The average molecular weight is 430 g/mol. The van der Waals surface area contributed by atoms with E-state index in [0.29, 0.717) is 19.4 Å². The topological polar surface area (TPSA) is 122 Å². The average Bonchev–Trinajstić information content (AvgIpc) is 2.77. The van der Waals surface area contributed by atoms with E-state index in [1.807, 2.05) is 0 Å². The molecule has 1 aliphatic rings. The molecule has 0 aliphatic carbocycles. The zero-order valence-corrected chi connectivity index (χ0v) is 17.6. The summed E-state index contributed by atoms with van der Waals surface area (Å²) in [5.41, 5.74) is -0.961. The highest BCUT2D eigenvalue weighted by Gasteiger charge is 2.30. The van der Waals surface area contributed by atoms with Crippen molar-refractivity contribution < 1.29 is 19.1 Å². The number of benzene rings is 1. The Morgan fingerprint density at radius 1 is 1.19 bits per heavy atom. The van der Waals surface area contributed by atoms with Gasteiger partial charge in [-0.3, -0.25) is 29.1 Å². The molecule has 10 nitrogen and oxygen atoms in total. The molecule has 2 amide bonds. The summed E-state index contributed by atoms with van der Waals surface area (Å²) < 4.78 is 5.99. The second-order valence-electron chi connectivity index (χ2n) is 7.56. The number of hydrogen-bond acceptors (Lipinski definition) is 6. The van der Waals surface area contributed by atoms with E-state index >= 15 is 0 Å². The lowest BCUT2D eigenvalue weighted by atomic mass is 9.98.